The molecule has 0 amide bonds. The minimum absolute atomic E-state index is 0.00265. The Morgan fingerprint density at radius 3 is 2.75 bits per heavy atom. The van der Waals surface area contributed by atoms with Crippen LogP contribution in [0.15, 0.2) is 48.7 Å². The number of aromatic nitrogens is 1. The molecule has 0 saturated carbocycles. The van der Waals surface area contributed by atoms with Gasteiger partial charge in [-0.2, -0.15) is 0 Å². The molecule has 80 valence electrons. The van der Waals surface area contributed by atoms with E-state index in [0.29, 0.717) is 17.1 Å². The van der Waals surface area contributed by atoms with E-state index in [-0.39, 0.29) is 5.78 Å². The van der Waals surface area contributed by atoms with E-state index in [4.69, 9.17) is 11.6 Å². The van der Waals surface area contributed by atoms with Gasteiger partial charge in [0.1, 0.15) is 5.69 Å². The summed E-state index contributed by atoms with van der Waals surface area (Å²) in [5.41, 5.74) is 1.39. The maximum Gasteiger partial charge on any atom is 0.185 e. The van der Waals surface area contributed by atoms with Crippen molar-refractivity contribution in [1.82, 2.24) is 4.98 Å². The van der Waals surface area contributed by atoms with Crippen LogP contribution in [-0.4, -0.2) is 10.8 Å². The predicted octanol–water partition coefficient (Wildman–Crippen LogP) is 3.16. The summed E-state index contributed by atoms with van der Waals surface area (Å²) in [5.74, 6) is 0.00265. The molecule has 0 fully saturated rings. The van der Waals surface area contributed by atoms with Crippen molar-refractivity contribution in [3.63, 3.8) is 0 Å². The van der Waals surface area contributed by atoms with Crippen LogP contribution in [0.3, 0.4) is 0 Å². The number of hydrogen-bond donors (Lipinski definition) is 0. The van der Waals surface area contributed by atoms with E-state index >= 15 is 0 Å². The highest BCUT2D eigenvalue weighted by Crippen LogP contribution is 2.12. The molecule has 2 rings (SSSR count). The number of rotatable bonds is 3. The highest BCUT2D eigenvalue weighted by Gasteiger charge is 2.07. The minimum atomic E-state index is 0.00265. The summed E-state index contributed by atoms with van der Waals surface area (Å²) in [6.07, 6.45) is 1.95. The molecule has 2 aromatic rings. The Bertz CT molecular complexity index is 496. The van der Waals surface area contributed by atoms with Crippen LogP contribution in [0.4, 0.5) is 0 Å². The third kappa shape index (κ3) is 2.67. The molecule has 0 unspecified atom stereocenters. The number of carbonyl (C=O) groups excluding carboxylic acids is 1. The summed E-state index contributed by atoms with van der Waals surface area (Å²) < 4.78 is 0. The lowest BCUT2D eigenvalue weighted by Gasteiger charge is -2.01. The van der Waals surface area contributed by atoms with E-state index in [9.17, 15) is 4.79 Å². The maximum atomic E-state index is 11.8. The van der Waals surface area contributed by atoms with E-state index < -0.39 is 0 Å². The standard InChI is InChI=1S/C13H10ClNO/c14-11-5-3-4-10(8-11)9-13(16)12-6-1-2-7-15-12/h1-8H,9H2. The normalized spacial score (nSPS) is 10.1. The zero-order valence-electron chi connectivity index (χ0n) is 8.56. The average molecular weight is 232 g/mol. The Kier molecular flexibility index (Phi) is 3.32. The number of nitrogens with zero attached hydrogens (tertiary/aromatic N) is 1. The van der Waals surface area contributed by atoms with Crippen molar-refractivity contribution < 1.29 is 4.79 Å². The molecule has 16 heavy (non-hydrogen) atoms. The van der Waals surface area contributed by atoms with Crippen LogP contribution < -0.4 is 0 Å². The maximum absolute atomic E-state index is 11.8. The molecule has 1 aromatic heterocycles. The van der Waals surface area contributed by atoms with Gasteiger partial charge in [-0.15, -0.1) is 0 Å². The fraction of sp³-hybridized carbons (Fsp3) is 0.0769. The number of pyridine rings is 1. The Hall–Kier alpha value is -1.67. The summed E-state index contributed by atoms with van der Waals surface area (Å²) in [4.78, 5) is 15.8. The largest absolute Gasteiger partial charge is 0.292 e. The molecule has 0 bridgehead atoms. The molecular weight excluding hydrogens is 222 g/mol. The molecule has 0 N–H and O–H groups in total. The van der Waals surface area contributed by atoms with Crippen LogP contribution in [0.25, 0.3) is 0 Å². The molecule has 0 radical (unpaired) electrons. The average Bonchev–Trinajstić information content (AvgIpc) is 2.30. The summed E-state index contributed by atoms with van der Waals surface area (Å²) in [7, 11) is 0. The van der Waals surface area contributed by atoms with E-state index in [2.05, 4.69) is 4.98 Å². The second kappa shape index (κ2) is 4.90. The number of Topliss-reactive ketones (excluding diaryl/α,β-unsaturated/α-hetero) is 1. The first-order valence-corrected chi connectivity index (χ1v) is 5.32. The second-order valence-electron chi connectivity index (χ2n) is 3.44. The fourth-order valence-electron chi connectivity index (χ4n) is 1.45. The van der Waals surface area contributed by atoms with E-state index in [1.165, 1.54) is 0 Å². The van der Waals surface area contributed by atoms with Crippen molar-refractivity contribution in [1.29, 1.82) is 0 Å². The van der Waals surface area contributed by atoms with Gasteiger partial charge in [-0.05, 0) is 29.8 Å². The van der Waals surface area contributed by atoms with Crippen LogP contribution in [0, 0.1) is 0 Å². The molecule has 0 aliphatic carbocycles. The Morgan fingerprint density at radius 2 is 2.06 bits per heavy atom. The van der Waals surface area contributed by atoms with Gasteiger partial charge in [0.2, 0.25) is 0 Å². The fourth-order valence-corrected chi connectivity index (χ4v) is 1.66. The first-order chi connectivity index (χ1) is 7.75. The summed E-state index contributed by atoms with van der Waals surface area (Å²) >= 11 is 5.85. The van der Waals surface area contributed by atoms with Gasteiger partial charge in [-0.1, -0.05) is 29.8 Å². The van der Waals surface area contributed by atoms with Crippen LogP contribution >= 0.6 is 11.6 Å². The van der Waals surface area contributed by atoms with Crippen LogP contribution in [0.1, 0.15) is 16.1 Å². The zero-order valence-corrected chi connectivity index (χ0v) is 9.32. The Labute approximate surface area is 98.9 Å². The lowest BCUT2D eigenvalue weighted by Crippen LogP contribution is -2.05. The number of benzene rings is 1. The molecule has 0 spiro atoms. The lowest BCUT2D eigenvalue weighted by atomic mass is 10.1. The molecule has 1 aromatic carbocycles. The molecule has 0 aliphatic heterocycles. The molecule has 2 nitrogen and oxygen atoms in total. The lowest BCUT2D eigenvalue weighted by molar-refractivity contribution is 0.0988. The number of carbonyl (C=O) groups is 1. The minimum Gasteiger partial charge on any atom is -0.292 e. The number of ketones is 1. The highest BCUT2D eigenvalue weighted by atomic mass is 35.5. The van der Waals surface area contributed by atoms with Crippen molar-refractivity contribution in [3.05, 3.63) is 64.9 Å². The quantitative estimate of drug-likeness (QED) is 0.760. The van der Waals surface area contributed by atoms with Crippen molar-refractivity contribution in [2.75, 3.05) is 0 Å². The van der Waals surface area contributed by atoms with Crippen molar-refractivity contribution in [2.24, 2.45) is 0 Å². The first kappa shape index (κ1) is 10.8. The van der Waals surface area contributed by atoms with Gasteiger partial charge in [0, 0.05) is 17.6 Å². The van der Waals surface area contributed by atoms with E-state index in [1.807, 2.05) is 12.1 Å². The van der Waals surface area contributed by atoms with Gasteiger partial charge in [-0.3, -0.25) is 9.78 Å². The molecule has 0 atom stereocenters. The Balaban J connectivity index is 2.14. The van der Waals surface area contributed by atoms with Crippen molar-refractivity contribution >= 4 is 17.4 Å². The summed E-state index contributed by atoms with van der Waals surface area (Å²) in [6.45, 7) is 0. The monoisotopic (exact) mass is 231 g/mol. The third-order valence-electron chi connectivity index (χ3n) is 2.20. The van der Waals surface area contributed by atoms with Crippen molar-refractivity contribution in [2.45, 2.75) is 6.42 Å². The molecule has 3 heteroatoms. The van der Waals surface area contributed by atoms with Crippen LogP contribution in [0.5, 0.6) is 0 Å². The SMILES string of the molecule is O=C(Cc1cccc(Cl)c1)c1ccccn1. The zero-order chi connectivity index (χ0) is 11.4. The number of hydrogen-bond acceptors (Lipinski definition) is 2. The van der Waals surface area contributed by atoms with Crippen LogP contribution in [0.2, 0.25) is 5.02 Å². The van der Waals surface area contributed by atoms with E-state index in [1.54, 1.807) is 36.5 Å². The summed E-state index contributed by atoms with van der Waals surface area (Å²) in [6, 6.07) is 12.6. The molecular formula is C13H10ClNO. The topological polar surface area (TPSA) is 30.0 Å². The van der Waals surface area contributed by atoms with Gasteiger partial charge in [0.25, 0.3) is 0 Å². The molecule has 1 heterocycles. The van der Waals surface area contributed by atoms with Crippen LogP contribution in [-0.2, 0) is 6.42 Å². The highest BCUT2D eigenvalue weighted by molar-refractivity contribution is 6.30. The second-order valence-corrected chi connectivity index (χ2v) is 3.88. The van der Waals surface area contributed by atoms with Crippen molar-refractivity contribution in [3.8, 4) is 0 Å². The molecule has 0 aliphatic rings. The van der Waals surface area contributed by atoms with E-state index in [0.717, 1.165) is 5.56 Å². The molecule has 0 saturated heterocycles. The smallest absolute Gasteiger partial charge is 0.185 e. The van der Waals surface area contributed by atoms with Gasteiger partial charge in [0.15, 0.2) is 5.78 Å². The third-order valence-corrected chi connectivity index (χ3v) is 2.44. The van der Waals surface area contributed by atoms with Gasteiger partial charge < -0.3 is 0 Å². The summed E-state index contributed by atoms with van der Waals surface area (Å²) in [5, 5.41) is 0.645. The van der Waals surface area contributed by atoms with Gasteiger partial charge >= 0.3 is 0 Å². The van der Waals surface area contributed by atoms with Gasteiger partial charge in [0.05, 0.1) is 0 Å². The Morgan fingerprint density at radius 1 is 1.19 bits per heavy atom. The predicted molar refractivity (Wildman–Crippen MR) is 63.7 cm³/mol. The number of halogens is 1. The van der Waals surface area contributed by atoms with Gasteiger partial charge in [-0.25, -0.2) is 0 Å². The first-order valence-electron chi connectivity index (χ1n) is 4.94.